The molecule has 0 bridgehead atoms. The maximum absolute atomic E-state index is 6.01. The molecule has 0 atom stereocenters. The van der Waals surface area contributed by atoms with Gasteiger partial charge in [-0.25, -0.2) is 0 Å². The zero-order valence-electron chi connectivity index (χ0n) is 10.8. The Labute approximate surface area is 125 Å². The summed E-state index contributed by atoms with van der Waals surface area (Å²) in [4.78, 5) is 0. The molecular formula is C12H17Cl4NW. The van der Waals surface area contributed by atoms with E-state index in [0.717, 1.165) is 16.8 Å². The second-order valence-corrected chi connectivity index (χ2v) is 37.4. The van der Waals surface area contributed by atoms with E-state index in [1.54, 1.807) is 0 Å². The van der Waals surface area contributed by atoms with Crippen LogP contribution in [0.5, 0.6) is 0 Å². The summed E-state index contributed by atoms with van der Waals surface area (Å²) in [7, 11) is 19.2. The van der Waals surface area contributed by atoms with Crippen molar-refractivity contribution in [2.45, 2.75) is 39.5 Å². The first-order valence-electron chi connectivity index (χ1n) is 5.65. The van der Waals surface area contributed by atoms with Crippen LogP contribution in [0.2, 0.25) is 0 Å². The standard InChI is InChI=1S/C12H17N.4ClH.W/c1-8(2)10-6-5-7-11(9(3)4)12(10)13;;;;;/h5-9H,1-4H3;4*1H;/q;;;;;+4/p-4. The Morgan fingerprint density at radius 3 is 1.56 bits per heavy atom. The third kappa shape index (κ3) is 5.10. The molecule has 104 valence electrons. The summed E-state index contributed by atoms with van der Waals surface area (Å²) in [5, 5.41) is 0. The molecule has 18 heavy (non-hydrogen) atoms. The molecule has 0 unspecified atom stereocenters. The molecule has 1 aromatic carbocycles. The summed E-state index contributed by atoms with van der Waals surface area (Å²) < 4.78 is 4.34. The van der Waals surface area contributed by atoms with Crippen LogP contribution in [0.1, 0.15) is 50.7 Å². The Morgan fingerprint density at radius 2 is 1.28 bits per heavy atom. The van der Waals surface area contributed by atoms with E-state index in [0.29, 0.717) is 11.8 Å². The molecule has 0 spiro atoms. The number of hydrogen-bond acceptors (Lipinski definition) is 1. The summed E-state index contributed by atoms with van der Waals surface area (Å²) >= 11 is 0. The first kappa shape index (κ1) is 16.9. The normalized spacial score (nSPS) is 14.7. The van der Waals surface area contributed by atoms with Gasteiger partial charge in [0, 0.05) is 0 Å². The fourth-order valence-electron chi connectivity index (χ4n) is 1.76. The van der Waals surface area contributed by atoms with Crippen molar-refractivity contribution in [3.8, 4) is 0 Å². The number of benzene rings is 1. The Balaban J connectivity index is 3.63. The van der Waals surface area contributed by atoms with Crippen LogP contribution in [0.15, 0.2) is 21.7 Å². The molecule has 0 saturated carbocycles. The summed E-state index contributed by atoms with van der Waals surface area (Å²) in [6, 6.07) is 6.04. The molecule has 0 aliphatic rings. The molecule has 0 aliphatic carbocycles. The van der Waals surface area contributed by atoms with E-state index in [-0.39, 0.29) is 0 Å². The topological polar surface area (TPSA) is 12.4 Å². The number of nitrogens with zero attached hydrogens (tertiary/aromatic N) is 1. The maximum atomic E-state index is 6.01. The van der Waals surface area contributed by atoms with Crippen molar-refractivity contribution in [2.75, 3.05) is 0 Å². The van der Waals surface area contributed by atoms with Crippen molar-refractivity contribution in [3.05, 3.63) is 29.3 Å². The third-order valence-corrected chi connectivity index (χ3v) is 6.48. The number of hydrogen-bond donors (Lipinski definition) is 0. The molecule has 0 N–H and O–H groups in total. The van der Waals surface area contributed by atoms with Crippen LogP contribution in [0, 0.1) is 0 Å². The van der Waals surface area contributed by atoms with E-state index in [9.17, 15) is 0 Å². The molecule has 0 aliphatic heterocycles. The molecule has 1 aromatic rings. The second kappa shape index (κ2) is 5.70. The van der Waals surface area contributed by atoms with Crippen LogP contribution in [0.3, 0.4) is 0 Å². The van der Waals surface area contributed by atoms with Gasteiger partial charge in [-0.3, -0.25) is 0 Å². The predicted molar refractivity (Wildman–Crippen MR) is 80.1 cm³/mol. The van der Waals surface area contributed by atoms with Gasteiger partial charge in [-0.05, 0) is 0 Å². The quantitative estimate of drug-likeness (QED) is 0.421. The van der Waals surface area contributed by atoms with Gasteiger partial charge in [0.15, 0.2) is 0 Å². The monoisotopic (exact) mass is 499 g/mol. The van der Waals surface area contributed by atoms with Gasteiger partial charge in [0.25, 0.3) is 0 Å². The van der Waals surface area contributed by atoms with E-state index in [1.807, 2.05) is 18.2 Å². The van der Waals surface area contributed by atoms with Crippen molar-refractivity contribution < 1.29 is 10.5 Å². The molecule has 0 radical (unpaired) electrons. The number of halogens is 4. The fourth-order valence-corrected chi connectivity index (χ4v) is 5.76. The van der Waals surface area contributed by atoms with Gasteiger partial charge in [-0.2, -0.15) is 0 Å². The van der Waals surface area contributed by atoms with Crippen LogP contribution in [-0.4, -0.2) is 0 Å². The molecule has 0 heterocycles. The van der Waals surface area contributed by atoms with Crippen LogP contribution in [0.4, 0.5) is 5.69 Å². The molecular weight excluding hydrogens is 484 g/mol. The predicted octanol–water partition coefficient (Wildman–Crippen LogP) is 7.05. The van der Waals surface area contributed by atoms with Crippen molar-refractivity contribution in [2.24, 2.45) is 3.50 Å². The SMILES string of the molecule is CC(C)c1cccc(C(C)C)c1[N]=[W]([Cl])([Cl])([Cl])[Cl]. The summed E-state index contributed by atoms with van der Waals surface area (Å²) in [6.07, 6.45) is 0. The average molecular weight is 501 g/mol. The van der Waals surface area contributed by atoms with Gasteiger partial charge >= 0.3 is 126 Å². The second-order valence-electron chi connectivity index (χ2n) is 4.81. The minimum atomic E-state index is -4.87. The number of rotatable bonds is 3. The third-order valence-electron chi connectivity index (χ3n) is 2.57. The van der Waals surface area contributed by atoms with Crippen LogP contribution in [-0.2, 0) is 10.5 Å². The van der Waals surface area contributed by atoms with Gasteiger partial charge in [0.05, 0.1) is 0 Å². The van der Waals surface area contributed by atoms with Gasteiger partial charge in [-0.15, -0.1) is 0 Å². The van der Waals surface area contributed by atoms with E-state index in [1.165, 1.54) is 0 Å². The van der Waals surface area contributed by atoms with Crippen molar-refractivity contribution in [1.29, 1.82) is 0 Å². The summed E-state index contributed by atoms with van der Waals surface area (Å²) in [6.45, 7) is 8.36. The van der Waals surface area contributed by atoms with Gasteiger partial charge in [-0.1, -0.05) is 0 Å². The van der Waals surface area contributed by atoms with Crippen LogP contribution >= 0.6 is 37.7 Å². The Morgan fingerprint density at radius 1 is 0.889 bits per heavy atom. The van der Waals surface area contributed by atoms with Gasteiger partial charge < -0.3 is 0 Å². The molecule has 1 rings (SSSR count). The average Bonchev–Trinajstić information content (AvgIpc) is 2.13. The van der Waals surface area contributed by atoms with E-state index < -0.39 is 10.5 Å². The molecule has 0 amide bonds. The summed E-state index contributed by atoms with van der Waals surface area (Å²) in [5.74, 6) is 0.613. The zero-order chi connectivity index (χ0) is 14.2. The first-order valence-corrected chi connectivity index (χ1v) is 21.5. The molecule has 6 heteroatoms. The van der Waals surface area contributed by atoms with E-state index in [4.69, 9.17) is 37.7 Å². The Bertz CT molecular complexity index is 467. The van der Waals surface area contributed by atoms with Crippen molar-refractivity contribution in [1.82, 2.24) is 0 Å². The molecule has 1 nitrogen and oxygen atoms in total. The van der Waals surface area contributed by atoms with Crippen LogP contribution in [0.25, 0.3) is 0 Å². The Kier molecular flexibility index (Phi) is 5.36. The zero-order valence-corrected chi connectivity index (χ0v) is 16.7. The molecule has 0 aromatic heterocycles. The Hall–Kier alpha value is 0.868. The van der Waals surface area contributed by atoms with Crippen molar-refractivity contribution in [3.63, 3.8) is 0 Å². The van der Waals surface area contributed by atoms with E-state index >= 15 is 0 Å². The van der Waals surface area contributed by atoms with Gasteiger partial charge in [0.1, 0.15) is 0 Å². The van der Waals surface area contributed by atoms with Crippen LogP contribution < -0.4 is 0 Å². The molecule has 0 saturated heterocycles. The molecule has 0 fully saturated rings. The van der Waals surface area contributed by atoms with E-state index in [2.05, 4.69) is 31.2 Å². The first-order chi connectivity index (χ1) is 7.97. The fraction of sp³-hybridized carbons (Fsp3) is 0.500. The van der Waals surface area contributed by atoms with Gasteiger partial charge in [0.2, 0.25) is 0 Å². The summed E-state index contributed by atoms with van der Waals surface area (Å²) in [5.41, 5.74) is 2.91. The van der Waals surface area contributed by atoms with Crippen molar-refractivity contribution >= 4 is 43.4 Å². The minimum absolute atomic E-state index is 0.307.